The normalized spacial score (nSPS) is 16.2. The Hall–Kier alpha value is -3.95. The lowest BCUT2D eigenvalue weighted by atomic mass is 10.1. The number of hydrogen-bond donors (Lipinski definition) is 4. The number of rotatable bonds is 5. The van der Waals surface area contributed by atoms with Gasteiger partial charge in [0.1, 0.15) is 17.3 Å². The van der Waals surface area contributed by atoms with Crippen LogP contribution in [-0.4, -0.2) is 35.7 Å². The number of nitrogens with zero attached hydrogens (tertiary/aromatic N) is 4. The second-order valence-electron chi connectivity index (χ2n) is 7.60. The Morgan fingerprint density at radius 3 is 2.77 bits per heavy atom. The van der Waals surface area contributed by atoms with Crippen molar-refractivity contribution in [3.8, 4) is 5.88 Å². The maximum atomic E-state index is 13.2. The average Bonchev–Trinajstić information content (AvgIpc) is 3.37. The summed E-state index contributed by atoms with van der Waals surface area (Å²) in [6, 6.07) is 8.28. The van der Waals surface area contributed by atoms with E-state index in [-0.39, 0.29) is 29.5 Å². The summed E-state index contributed by atoms with van der Waals surface area (Å²) in [5, 5.41) is 18.2. The lowest BCUT2D eigenvalue weighted by Gasteiger charge is -2.15. The summed E-state index contributed by atoms with van der Waals surface area (Å²) in [7, 11) is 0. The van der Waals surface area contributed by atoms with Gasteiger partial charge in [0, 0.05) is 17.3 Å². The van der Waals surface area contributed by atoms with E-state index in [1.807, 2.05) is 13.0 Å². The zero-order chi connectivity index (χ0) is 21.5. The maximum Gasteiger partial charge on any atom is 0.326 e. The van der Waals surface area contributed by atoms with Crippen LogP contribution in [0.15, 0.2) is 46.3 Å². The van der Waals surface area contributed by atoms with Crippen LogP contribution in [0.4, 0.5) is 10.2 Å². The van der Waals surface area contributed by atoms with E-state index in [1.165, 1.54) is 12.1 Å². The molecule has 0 saturated heterocycles. The Balaban J connectivity index is 1.61. The Kier molecular flexibility index (Phi) is 4.54. The van der Waals surface area contributed by atoms with Gasteiger partial charge in [-0.25, -0.2) is 14.2 Å². The highest BCUT2D eigenvalue weighted by Crippen LogP contribution is 2.23. The summed E-state index contributed by atoms with van der Waals surface area (Å²) < 4.78 is 14.9. The van der Waals surface area contributed by atoms with E-state index in [0.717, 1.165) is 18.4 Å². The van der Waals surface area contributed by atoms with E-state index in [4.69, 9.17) is 4.99 Å². The second-order valence-corrected chi connectivity index (χ2v) is 7.60. The van der Waals surface area contributed by atoms with Crippen LogP contribution in [0.1, 0.15) is 37.1 Å². The monoisotopic (exact) mass is 421 g/mol. The molecule has 0 spiro atoms. The van der Waals surface area contributed by atoms with E-state index in [9.17, 15) is 14.3 Å². The van der Waals surface area contributed by atoms with Crippen molar-refractivity contribution in [2.75, 3.05) is 5.32 Å². The Morgan fingerprint density at radius 1 is 1.32 bits per heavy atom. The summed E-state index contributed by atoms with van der Waals surface area (Å²) in [4.78, 5) is 25.7. The zero-order valence-corrected chi connectivity index (χ0v) is 16.6. The van der Waals surface area contributed by atoms with Crippen LogP contribution in [-0.2, 0) is 0 Å². The molecule has 1 saturated carbocycles. The summed E-state index contributed by atoms with van der Waals surface area (Å²) in [5.74, 6) is 0.0450. The first-order valence-corrected chi connectivity index (χ1v) is 9.94. The molecule has 0 bridgehead atoms. The number of aromatic hydroxyl groups is 1. The molecule has 1 atom stereocenters. The number of hydrogen-bond acceptors (Lipinski definition) is 6. The minimum absolute atomic E-state index is 0.121. The van der Waals surface area contributed by atoms with Crippen molar-refractivity contribution in [2.24, 2.45) is 4.99 Å². The summed E-state index contributed by atoms with van der Waals surface area (Å²) in [6.07, 6.45) is 5.28. The molecule has 0 aliphatic heterocycles. The number of H-pyrrole nitrogens is 2. The van der Waals surface area contributed by atoms with Gasteiger partial charge in [-0.15, -0.1) is 0 Å². The predicted molar refractivity (Wildman–Crippen MR) is 112 cm³/mol. The third kappa shape index (κ3) is 3.91. The van der Waals surface area contributed by atoms with Gasteiger partial charge in [0.05, 0.1) is 12.2 Å². The molecule has 5 rings (SSSR count). The van der Waals surface area contributed by atoms with Crippen LogP contribution in [0.25, 0.3) is 11.7 Å². The Morgan fingerprint density at radius 2 is 2.10 bits per heavy atom. The van der Waals surface area contributed by atoms with Gasteiger partial charge >= 0.3 is 5.69 Å². The van der Waals surface area contributed by atoms with Crippen molar-refractivity contribution in [3.63, 3.8) is 0 Å². The van der Waals surface area contributed by atoms with Gasteiger partial charge in [-0.3, -0.25) is 9.98 Å². The highest BCUT2D eigenvalue weighted by Gasteiger charge is 2.20. The number of benzene rings is 1. The molecular weight excluding hydrogens is 401 g/mol. The first-order valence-electron chi connectivity index (χ1n) is 9.94. The molecule has 1 aliphatic rings. The van der Waals surface area contributed by atoms with Crippen molar-refractivity contribution in [2.45, 2.75) is 31.8 Å². The number of anilines is 1. The summed E-state index contributed by atoms with van der Waals surface area (Å²) in [6.45, 7) is 1.96. The first kappa shape index (κ1) is 19.0. The van der Waals surface area contributed by atoms with E-state index in [1.54, 1.807) is 28.9 Å². The third-order valence-corrected chi connectivity index (χ3v) is 5.11. The molecule has 4 N–H and O–H groups in total. The standard InChI is InChI=1S/C21H20FN7O2/c1-11(12-2-4-14(22)5-3-12)24-17-9-18(25-15-6-7-15)29-19(27-17)13(10-23-29)8-16-20(30)28-21(31)26-16/h2-5,8-11,15,24,30H,6-7H2,1H3,(H2,26,28,31). The van der Waals surface area contributed by atoms with Crippen molar-refractivity contribution in [3.05, 3.63) is 74.8 Å². The molecule has 1 unspecified atom stereocenters. The fraction of sp³-hybridized carbons (Fsp3) is 0.238. The van der Waals surface area contributed by atoms with Crippen LogP contribution < -0.4 is 21.7 Å². The van der Waals surface area contributed by atoms with Crippen LogP contribution in [0, 0.1) is 5.82 Å². The molecule has 0 radical (unpaired) electrons. The second kappa shape index (κ2) is 7.38. The van der Waals surface area contributed by atoms with Crippen LogP contribution in [0.2, 0.25) is 0 Å². The number of imidazole rings is 1. The molecule has 3 heterocycles. The van der Waals surface area contributed by atoms with E-state index >= 15 is 0 Å². The zero-order valence-electron chi connectivity index (χ0n) is 16.6. The number of nitrogens with one attached hydrogen (secondary N) is 3. The van der Waals surface area contributed by atoms with Gasteiger partial charge in [0.15, 0.2) is 11.1 Å². The van der Waals surface area contributed by atoms with Gasteiger partial charge in [0.25, 0.3) is 0 Å². The topological polar surface area (TPSA) is 123 Å². The minimum Gasteiger partial charge on any atom is -0.493 e. The van der Waals surface area contributed by atoms with Gasteiger partial charge in [0.2, 0.25) is 5.88 Å². The highest BCUT2D eigenvalue weighted by atomic mass is 19.1. The first-order chi connectivity index (χ1) is 15.0. The molecule has 158 valence electrons. The van der Waals surface area contributed by atoms with Gasteiger partial charge in [-0.1, -0.05) is 12.1 Å². The molecular formula is C21H20FN7O2. The highest BCUT2D eigenvalue weighted by molar-refractivity contribution is 5.58. The van der Waals surface area contributed by atoms with Gasteiger partial charge in [-0.05, 0) is 43.5 Å². The molecule has 9 nitrogen and oxygen atoms in total. The van der Waals surface area contributed by atoms with Crippen LogP contribution in [0.5, 0.6) is 5.88 Å². The van der Waals surface area contributed by atoms with E-state index in [0.29, 0.717) is 22.2 Å². The van der Waals surface area contributed by atoms with Crippen molar-refractivity contribution in [1.29, 1.82) is 0 Å². The van der Waals surface area contributed by atoms with Crippen LogP contribution >= 0.6 is 0 Å². The van der Waals surface area contributed by atoms with Crippen molar-refractivity contribution >= 4 is 17.5 Å². The molecule has 4 aromatic rings. The van der Waals surface area contributed by atoms with E-state index < -0.39 is 5.69 Å². The molecule has 31 heavy (non-hydrogen) atoms. The lowest BCUT2D eigenvalue weighted by Crippen LogP contribution is -2.21. The maximum absolute atomic E-state index is 13.2. The van der Waals surface area contributed by atoms with Gasteiger partial charge in [-0.2, -0.15) is 9.61 Å². The fourth-order valence-corrected chi connectivity index (χ4v) is 3.33. The number of fused-ring (bicyclic) bond motifs is 1. The fourth-order valence-electron chi connectivity index (χ4n) is 3.33. The predicted octanol–water partition coefficient (Wildman–Crippen LogP) is 1.37. The smallest absolute Gasteiger partial charge is 0.326 e. The van der Waals surface area contributed by atoms with Gasteiger partial charge < -0.3 is 15.4 Å². The van der Waals surface area contributed by atoms with Crippen molar-refractivity contribution in [1.82, 2.24) is 24.6 Å². The average molecular weight is 421 g/mol. The largest absolute Gasteiger partial charge is 0.493 e. The van der Waals surface area contributed by atoms with Crippen molar-refractivity contribution < 1.29 is 9.50 Å². The molecule has 0 amide bonds. The molecule has 3 aromatic heterocycles. The Labute approximate surface area is 175 Å². The van der Waals surface area contributed by atoms with E-state index in [2.05, 4.69) is 25.4 Å². The lowest BCUT2D eigenvalue weighted by molar-refractivity contribution is 0.454. The SMILES string of the molecule is CC(Nc1cc(=NC2CC2)n2ncc(=Cc3[nH]c(=O)[nH]c3O)c2n1)c1ccc(F)cc1. The summed E-state index contributed by atoms with van der Waals surface area (Å²) in [5.41, 5.74) is 1.83. The Bertz CT molecular complexity index is 1430. The summed E-state index contributed by atoms with van der Waals surface area (Å²) >= 11 is 0. The van der Waals surface area contributed by atoms with Crippen LogP contribution in [0.3, 0.4) is 0 Å². The molecule has 10 heteroatoms. The minimum atomic E-state index is -0.506. The molecule has 1 fully saturated rings. The molecule has 1 aromatic carbocycles. The number of aromatic nitrogens is 5. The quantitative estimate of drug-likeness (QED) is 0.388. The molecule has 1 aliphatic carbocycles. The number of aromatic amines is 2. The number of halogens is 1. The third-order valence-electron chi connectivity index (χ3n) is 5.11.